The Morgan fingerprint density at radius 1 is 1.20 bits per heavy atom. The number of fused-ring (bicyclic) bond motifs is 1. The summed E-state index contributed by atoms with van der Waals surface area (Å²) in [5.41, 5.74) is 1.39. The Labute approximate surface area is 148 Å². The molecule has 0 radical (unpaired) electrons. The van der Waals surface area contributed by atoms with Gasteiger partial charge in [0.15, 0.2) is 16.7 Å². The van der Waals surface area contributed by atoms with Crippen molar-refractivity contribution in [3.63, 3.8) is 0 Å². The van der Waals surface area contributed by atoms with Gasteiger partial charge in [0.05, 0.1) is 6.54 Å². The summed E-state index contributed by atoms with van der Waals surface area (Å²) >= 11 is 1.43. The van der Waals surface area contributed by atoms with Crippen LogP contribution in [-0.4, -0.2) is 35.9 Å². The molecule has 4 rings (SSSR count). The molecule has 5 nitrogen and oxygen atoms in total. The van der Waals surface area contributed by atoms with Crippen LogP contribution in [0.25, 0.3) is 0 Å². The topological polar surface area (TPSA) is 51.1 Å². The van der Waals surface area contributed by atoms with Gasteiger partial charge in [-0.3, -0.25) is 14.7 Å². The van der Waals surface area contributed by atoms with Crippen LogP contribution in [0.15, 0.2) is 47.5 Å². The summed E-state index contributed by atoms with van der Waals surface area (Å²) < 4.78 is 23.9. The van der Waals surface area contributed by atoms with Crippen LogP contribution in [-0.2, 0) is 5.75 Å². The monoisotopic (exact) mass is 358 g/mol. The Bertz CT molecular complexity index is 856. The molecule has 2 aliphatic rings. The van der Waals surface area contributed by atoms with E-state index in [0.717, 1.165) is 5.56 Å². The van der Waals surface area contributed by atoms with E-state index >= 15 is 0 Å². The number of carbonyl (C=O) groups is 1. The molecule has 0 saturated heterocycles. The molecule has 128 valence electrons. The van der Waals surface area contributed by atoms with Crippen LogP contribution >= 0.6 is 11.8 Å². The van der Waals surface area contributed by atoms with E-state index < -0.39 is 0 Å². The summed E-state index contributed by atoms with van der Waals surface area (Å²) in [4.78, 5) is 18.9. The molecule has 0 unspecified atom stereocenters. The van der Waals surface area contributed by atoms with Gasteiger partial charge in [0.2, 0.25) is 6.79 Å². The molecule has 2 aromatic carbocycles. The van der Waals surface area contributed by atoms with E-state index in [1.165, 1.54) is 23.9 Å². The molecule has 0 bridgehead atoms. The molecule has 0 atom stereocenters. The van der Waals surface area contributed by atoms with Crippen molar-refractivity contribution in [2.24, 2.45) is 4.99 Å². The maximum absolute atomic E-state index is 13.3. The predicted molar refractivity (Wildman–Crippen MR) is 93.6 cm³/mol. The molecule has 25 heavy (non-hydrogen) atoms. The van der Waals surface area contributed by atoms with Gasteiger partial charge in [-0.1, -0.05) is 23.9 Å². The molecule has 0 spiro atoms. The van der Waals surface area contributed by atoms with Crippen molar-refractivity contribution in [2.75, 3.05) is 19.9 Å². The SMILES string of the molecule is O=C(c1ccc2c(c1)OCO2)N1CCN=C1SCc1cccc(F)c1. The van der Waals surface area contributed by atoms with Crippen molar-refractivity contribution in [1.29, 1.82) is 0 Å². The third-order valence-corrected chi connectivity index (χ3v) is 5.01. The second-order valence-electron chi connectivity index (χ2n) is 5.61. The van der Waals surface area contributed by atoms with Gasteiger partial charge >= 0.3 is 0 Å². The quantitative estimate of drug-likeness (QED) is 0.845. The highest BCUT2D eigenvalue weighted by Crippen LogP contribution is 2.33. The molecule has 0 saturated carbocycles. The van der Waals surface area contributed by atoms with Crippen LogP contribution in [0.3, 0.4) is 0 Å². The maximum Gasteiger partial charge on any atom is 0.260 e. The highest BCUT2D eigenvalue weighted by Gasteiger charge is 2.26. The normalized spacial score (nSPS) is 15.4. The van der Waals surface area contributed by atoms with Gasteiger partial charge in [-0.05, 0) is 35.9 Å². The third-order valence-electron chi connectivity index (χ3n) is 3.92. The Hall–Kier alpha value is -2.54. The largest absolute Gasteiger partial charge is 0.454 e. The molecule has 1 amide bonds. The van der Waals surface area contributed by atoms with Crippen LogP contribution in [0.2, 0.25) is 0 Å². The van der Waals surface area contributed by atoms with Crippen LogP contribution < -0.4 is 9.47 Å². The molecule has 0 aliphatic carbocycles. The van der Waals surface area contributed by atoms with Gasteiger partial charge in [-0.15, -0.1) is 0 Å². The second-order valence-corrected chi connectivity index (χ2v) is 6.55. The van der Waals surface area contributed by atoms with Crippen LogP contribution in [0.1, 0.15) is 15.9 Å². The minimum absolute atomic E-state index is 0.124. The van der Waals surface area contributed by atoms with Crippen LogP contribution in [0.4, 0.5) is 4.39 Å². The van der Waals surface area contributed by atoms with Gasteiger partial charge in [0, 0.05) is 17.9 Å². The lowest BCUT2D eigenvalue weighted by Gasteiger charge is -2.18. The number of aliphatic imine (C=N–C) groups is 1. The standard InChI is InChI=1S/C18H15FN2O3S/c19-14-3-1-2-12(8-14)10-25-18-20-6-7-21(18)17(22)13-4-5-15-16(9-13)24-11-23-15/h1-5,8-9H,6-7,10-11H2. The lowest BCUT2D eigenvalue weighted by atomic mass is 10.2. The summed E-state index contributed by atoms with van der Waals surface area (Å²) in [6, 6.07) is 11.6. The number of ether oxygens (including phenoxy) is 2. The Balaban J connectivity index is 1.46. The van der Waals surface area contributed by atoms with Crippen molar-refractivity contribution >= 4 is 22.8 Å². The summed E-state index contributed by atoms with van der Waals surface area (Å²) in [6.07, 6.45) is 0. The zero-order chi connectivity index (χ0) is 17.2. The summed E-state index contributed by atoms with van der Waals surface area (Å²) in [5, 5.41) is 0.659. The van der Waals surface area contributed by atoms with Crippen molar-refractivity contribution in [1.82, 2.24) is 4.90 Å². The first-order chi connectivity index (χ1) is 12.2. The number of hydrogen-bond acceptors (Lipinski definition) is 5. The van der Waals surface area contributed by atoms with Gasteiger partial charge in [-0.2, -0.15) is 0 Å². The number of carbonyl (C=O) groups excluding carboxylic acids is 1. The smallest absolute Gasteiger partial charge is 0.260 e. The van der Waals surface area contributed by atoms with Gasteiger partial charge < -0.3 is 9.47 Å². The number of nitrogens with zero attached hydrogens (tertiary/aromatic N) is 2. The highest BCUT2D eigenvalue weighted by molar-refractivity contribution is 8.13. The summed E-state index contributed by atoms with van der Waals surface area (Å²) in [6.45, 7) is 1.29. The van der Waals surface area contributed by atoms with Crippen molar-refractivity contribution in [3.05, 3.63) is 59.4 Å². The summed E-state index contributed by atoms with van der Waals surface area (Å²) in [5.74, 6) is 1.39. The molecule has 0 fully saturated rings. The van der Waals surface area contributed by atoms with E-state index in [4.69, 9.17) is 9.47 Å². The van der Waals surface area contributed by atoms with E-state index in [1.807, 2.05) is 6.07 Å². The predicted octanol–water partition coefficient (Wildman–Crippen LogP) is 3.30. The second kappa shape index (κ2) is 6.76. The van der Waals surface area contributed by atoms with E-state index in [1.54, 1.807) is 29.2 Å². The highest BCUT2D eigenvalue weighted by atomic mass is 32.2. The first-order valence-corrected chi connectivity index (χ1v) is 8.82. The van der Waals surface area contributed by atoms with Crippen LogP contribution in [0, 0.1) is 5.82 Å². The zero-order valence-electron chi connectivity index (χ0n) is 13.3. The fourth-order valence-corrected chi connectivity index (χ4v) is 3.69. The number of rotatable bonds is 3. The lowest BCUT2D eigenvalue weighted by molar-refractivity contribution is 0.0860. The molecule has 0 N–H and O–H groups in total. The van der Waals surface area contributed by atoms with Gasteiger partial charge in [0.25, 0.3) is 5.91 Å². The van der Waals surface area contributed by atoms with E-state index in [0.29, 0.717) is 41.1 Å². The molecule has 2 aromatic rings. The van der Waals surface area contributed by atoms with Crippen molar-refractivity contribution in [3.8, 4) is 11.5 Å². The minimum atomic E-state index is -0.264. The molecule has 2 aliphatic heterocycles. The molecular formula is C18H15FN2O3S. The Morgan fingerprint density at radius 2 is 2.08 bits per heavy atom. The average molecular weight is 358 g/mol. The third kappa shape index (κ3) is 3.32. The van der Waals surface area contributed by atoms with Crippen LogP contribution in [0.5, 0.6) is 11.5 Å². The average Bonchev–Trinajstić information content (AvgIpc) is 3.27. The van der Waals surface area contributed by atoms with E-state index in [-0.39, 0.29) is 18.5 Å². The molecule has 2 heterocycles. The number of halogens is 1. The fourth-order valence-electron chi connectivity index (χ4n) is 2.70. The lowest BCUT2D eigenvalue weighted by Crippen LogP contribution is -2.32. The van der Waals surface area contributed by atoms with Gasteiger partial charge in [-0.25, -0.2) is 4.39 Å². The van der Waals surface area contributed by atoms with Crippen molar-refractivity contribution in [2.45, 2.75) is 5.75 Å². The molecule has 0 aromatic heterocycles. The number of amides is 1. The number of benzene rings is 2. The molecule has 7 heteroatoms. The molecular weight excluding hydrogens is 343 g/mol. The van der Waals surface area contributed by atoms with E-state index in [2.05, 4.69) is 4.99 Å². The Morgan fingerprint density at radius 3 is 2.96 bits per heavy atom. The number of amidine groups is 1. The fraction of sp³-hybridized carbons (Fsp3) is 0.222. The van der Waals surface area contributed by atoms with Crippen molar-refractivity contribution < 1.29 is 18.7 Å². The first-order valence-electron chi connectivity index (χ1n) is 7.84. The maximum atomic E-state index is 13.3. The number of thioether (sulfide) groups is 1. The Kier molecular flexibility index (Phi) is 4.31. The zero-order valence-corrected chi connectivity index (χ0v) is 14.1. The van der Waals surface area contributed by atoms with E-state index in [9.17, 15) is 9.18 Å². The summed E-state index contributed by atoms with van der Waals surface area (Å²) in [7, 11) is 0. The first kappa shape index (κ1) is 16.0. The minimum Gasteiger partial charge on any atom is -0.454 e. The van der Waals surface area contributed by atoms with Gasteiger partial charge in [0.1, 0.15) is 5.82 Å². The number of hydrogen-bond donors (Lipinski definition) is 0.